The standard InChI is InChI=1S/C16H22N2O4/c1-10(2)4-5-21-16-7-12(9-17-19)13-8-14(18-20)11(3)6-15(13)22-16/h6-7,9,13,15-16,19-20H,1,4-5,8H2,2-3H3/b17-9+,18-14-. The lowest BCUT2D eigenvalue weighted by Crippen LogP contribution is -2.39. The second kappa shape index (κ2) is 7.38. The third-order valence-electron chi connectivity index (χ3n) is 3.87. The van der Waals surface area contributed by atoms with E-state index in [1.54, 1.807) is 6.08 Å². The highest BCUT2D eigenvalue weighted by molar-refractivity contribution is 6.01. The molecule has 22 heavy (non-hydrogen) atoms. The number of oxime groups is 2. The second-order valence-electron chi connectivity index (χ2n) is 5.67. The molecular formula is C16H22N2O4. The summed E-state index contributed by atoms with van der Waals surface area (Å²) in [6.07, 6.45) is 5.70. The van der Waals surface area contributed by atoms with Crippen LogP contribution in [0.5, 0.6) is 0 Å². The number of fused-ring (bicyclic) bond motifs is 1. The Hall–Kier alpha value is -1.92. The van der Waals surface area contributed by atoms with Crippen molar-refractivity contribution in [3.8, 4) is 0 Å². The lowest BCUT2D eigenvalue weighted by atomic mass is 9.80. The summed E-state index contributed by atoms with van der Waals surface area (Å²) >= 11 is 0. The first-order valence-electron chi connectivity index (χ1n) is 7.25. The summed E-state index contributed by atoms with van der Waals surface area (Å²) in [5.74, 6) is -0.0495. The Labute approximate surface area is 130 Å². The van der Waals surface area contributed by atoms with Gasteiger partial charge in [-0.15, -0.1) is 6.58 Å². The molecule has 0 aromatic carbocycles. The number of allylic oxidation sites excluding steroid dienone is 1. The van der Waals surface area contributed by atoms with Crippen LogP contribution in [0.2, 0.25) is 0 Å². The first-order chi connectivity index (χ1) is 10.5. The van der Waals surface area contributed by atoms with Crippen molar-refractivity contribution in [3.63, 3.8) is 0 Å². The Morgan fingerprint density at radius 2 is 2.27 bits per heavy atom. The SMILES string of the molecule is C=C(C)CCOC1C=C(/C=N/O)C2C/C(=N/O)C(C)=CC2O1. The Kier molecular flexibility index (Phi) is 5.51. The molecule has 0 radical (unpaired) electrons. The largest absolute Gasteiger partial charge is 0.411 e. The van der Waals surface area contributed by atoms with Gasteiger partial charge in [-0.1, -0.05) is 22.0 Å². The summed E-state index contributed by atoms with van der Waals surface area (Å²) < 4.78 is 11.6. The molecule has 2 N–H and O–H groups in total. The molecule has 0 fully saturated rings. The molecule has 0 aromatic rings. The zero-order valence-corrected chi connectivity index (χ0v) is 12.9. The molecule has 3 unspecified atom stereocenters. The highest BCUT2D eigenvalue weighted by Crippen LogP contribution is 2.34. The molecule has 120 valence electrons. The summed E-state index contributed by atoms with van der Waals surface area (Å²) in [5.41, 5.74) is 3.35. The minimum absolute atomic E-state index is 0.0495. The van der Waals surface area contributed by atoms with Crippen molar-refractivity contribution in [3.05, 3.63) is 35.5 Å². The summed E-state index contributed by atoms with van der Waals surface area (Å²) in [4.78, 5) is 0. The van der Waals surface area contributed by atoms with E-state index in [1.165, 1.54) is 6.21 Å². The maximum atomic E-state index is 9.06. The van der Waals surface area contributed by atoms with Crippen molar-refractivity contribution in [1.82, 2.24) is 0 Å². The average molecular weight is 306 g/mol. The molecule has 0 saturated carbocycles. The van der Waals surface area contributed by atoms with Crippen LogP contribution in [0.15, 0.2) is 45.8 Å². The predicted octanol–water partition coefficient (Wildman–Crippen LogP) is 2.88. The lowest BCUT2D eigenvalue weighted by molar-refractivity contribution is -0.146. The van der Waals surface area contributed by atoms with Crippen molar-refractivity contribution >= 4 is 11.9 Å². The highest BCUT2D eigenvalue weighted by Gasteiger charge is 2.36. The molecule has 0 amide bonds. The Morgan fingerprint density at radius 1 is 1.50 bits per heavy atom. The Morgan fingerprint density at radius 3 is 2.91 bits per heavy atom. The number of rotatable bonds is 5. The van der Waals surface area contributed by atoms with Crippen LogP contribution in [0.4, 0.5) is 0 Å². The maximum absolute atomic E-state index is 9.06. The summed E-state index contributed by atoms with van der Waals surface area (Å²) in [7, 11) is 0. The van der Waals surface area contributed by atoms with Crippen LogP contribution in [-0.2, 0) is 9.47 Å². The minimum atomic E-state index is -0.495. The summed E-state index contributed by atoms with van der Waals surface area (Å²) in [6.45, 7) is 8.18. The fraction of sp³-hybridized carbons (Fsp3) is 0.500. The molecule has 0 bridgehead atoms. The molecule has 2 aliphatic rings. The first-order valence-corrected chi connectivity index (χ1v) is 7.25. The van der Waals surface area contributed by atoms with Crippen molar-refractivity contribution in [2.75, 3.05) is 6.61 Å². The van der Waals surface area contributed by atoms with Gasteiger partial charge in [-0.2, -0.15) is 0 Å². The van der Waals surface area contributed by atoms with Gasteiger partial charge in [-0.3, -0.25) is 0 Å². The van der Waals surface area contributed by atoms with Gasteiger partial charge in [-0.05, 0) is 37.5 Å². The quantitative estimate of drug-likeness (QED) is 0.354. The lowest BCUT2D eigenvalue weighted by Gasteiger charge is -2.36. The van der Waals surface area contributed by atoms with Gasteiger partial charge in [-0.25, -0.2) is 0 Å². The summed E-state index contributed by atoms with van der Waals surface area (Å²) in [5, 5.41) is 24.4. The molecular weight excluding hydrogens is 284 g/mol. The van der Waals surface area contributed by atoms with Crippen molar-refractivity contribution < 1.29 is 19.9 Å². The second-order valence-corrected chi connectivity index (χ2v) is 5.67. The maximum Gasteiger partial charge on any atom is 0.178 e. The fourth-order valence-corrected chi connectivity index (χ4v) is 2.62. The van der Waals surface area contributed by atoms with E-state index >= 15 is 0 Å². The van der Waals surface area contributed by atoms with Gasteiger partial charge in [0, 0.05) is 12.3 Å². The Balaban J connectivity index is 2.16. The van der Waals surface area contributed by atoms with Crippen molar-refractivity contribution in [1.29, 1.82) is 0 Å². The number of hydrogen-bond acceptors (Lipinski definition) is 6. The van der Waals surface area contributed by atoms with Crippen LogP contribution in [0.3, 0.4) is 0 Å². The van der Waals surface area contributed by atoms with Crippen LogP contribution < -0.4 is 0 Å². The van der Waals surface area contributed by atoms with E-state index in [0.717, 1.165) is 23.1 Å². The van der Waals surface area contributed by atoms with Gasteiger partial charge in [0.1, 0.15) is 0 Å². The van der Waals surface area contributed by atoms with Crippen LogP contribution >= 0.6 is 0 Å². The normalized spacial score (nSPS) is 30.1. The minimum Gasteiger partial charge on any atom is -0.411 e. The van der Waals surface area contributed by atoms with E-state index in [1.807, 2.05) is 19.9 Å². The number of hydrogen-bond donors (Lipinski definition) is 2. The molecule has 0 spiro atoms. The van der Waals surface area contributed by atoms with E-state index in [-0.39, 0.29) is 12.0 Å². The topological polar surface area (TPSA) is 83.6 Å². The fourth-order valence-electron chi connectivity index (χ4n) is 2.62. The molecule has 3 atom stereocenters. The first kappa shape index (κ1) is 16.5. The molecule has 1 aliphatic heterocycles. The van der Waals surface area contributed by atoms with E-state index in [4.69, 9.17) is 19.9 Å². The van der Waals surface area contributed by atoms with Crippen molar-refractivity contribution in [2.24, 2.45) is 16.2 Å². The number of ether oxygens (including phenoxy) is 2. The van der Waals surface area contributed by atoms with Crippen LogP contribution in [0.1, 0.15) is 26.7 Å². The molecule has 6 heteroatoms. The van der Waals surface area contributed by atoms with E-state index in [2.05, 4.69) is 16.9 Å². The molecule has 2 rings (SSSR count). The van der Waals surface area contributed by atoms with E-state index < -0.39 is 6.29 Å². The van der Waals surface area contributed by atoms with Gasteiger partial charge in [0.05, 0.1) is 24.6 Å². The smallest absolute Gasteiger partial charge is 0.178 e. The molecule has 1 aliphatic carbocycles. The molecule has 6 nitrogen and oxygen atoms in total. The average Bonchev–Trinajstić information content (AvgIpc) is 2.46. The van der Waals surface area contributed by atoms with E-state index in [0.29, 0.717) is 18.7 Å². The summed E-state index contributed by atoms with van der Waals surface area (Å²) in [6, 6.07) is 0. The third kappa shape index (κ3) is 3.84. The molecule has 0 aromatic heterocycles. The van der Waals surface area contributed by atoms with Crippen molar-refractivity contribution in [2.45, 2.75) is 39.1 Å². The van der Waals surface area contributed by atoms with Crippen LogP contribution in [-0.4, -0.2) is 41.3 Å². The van der Waals surface area contributed by atoms with E-state index in [9.17, 15) is 0 Å². The van der Waals surface area contributed by atoms with Crippen LogP contribution in [0, 0.1) is 5.92 Å². The van der Waals surface area contributed by atoms with Gasteiger partial charge in [0.15, 0.2) is 6.29 Å². The third-order valence-corrected chi connectivity index (χ3v) is 3.87. The Bertz CT molecular complexity index is 548. The monoisotopic (exact) mass is 306 g/mol. The zero-order chi connectivity index (χ0) is 16.1. The van der Waals surface area contributed by atoms with Gasteiger partial charge >= 0.3 is 0 Å². The van der Waals surface area contributed by atoms with Gasteiger partial charge in [0.2, 0.25) is 0 Å². The highest BCUT2D eigenvalue weighted by atomic mass is 16.7. The van der Waals surface area contributed by atoms with Gasteiger partial charge in [0.25, 0.3) is 0 Å². The molecule has 1 heterocycles. The van der Waals surface area contributed by atoms with Gasteiger partial charge < -0.3 is 19.9 Å². The zero-order valence-electron chi connectivity index (χ0n) is 12.9. The molecule has 0 saturated heterocycles. The number of nitrogens with zero attached hydrogens (tertiary/aromatic N) is 2. The predicted molar refractivity (Wildman–Crippen MR) is 83.5 cm³/mol. The van der Waals surface area contributed by atoms with Crippen LogP contribution in [0.25, 0.3) is 0 Å².